The molecule has 144 valence electrons. The van der Waals surface area contributed by atoms with Gasteiger partial charge in [0.05, 0.1) is 24.3 Å². The fourth-order valence-electron chi connectivity index (χ4n) is 6.60. The van der Waals surface area contributed by atoms with Crippen molar-refractivity contribution in [3.63, 3.8) is 0 Å². The minimum absolute atomic E-state index is 0.213. The highest BCUT2D eigenvalue weighted by Gasteiger charge is 2.66. The van der Waals surface area contributed by atoms with E-state index in [9.17, 15) is 0 Å². The van der Waals surface area contributed by atoms with Crippen molar-refractivity contribution in [3.05, 3.63) is 70.8 Å². The lowest BCUT2D eigenvalue weighted by Gasteiger charge is -2.49. The second kappa shape index (κ2) is 5.45. The van der Waals surface area contributed by atoms with Gasteiger partial charge in [0.15, 0.2) is 11.4 Å². The van der Waals surface area contributed by atoms with Crippen LogP contribution in [0.15, 0.2) is 48.5 Å². The lowest BCUT2D eigenvalue weighted by atomic mass is 9.82. The van der Waals surface area contributed by atoms with E-state index in [0.717, 1.165) is 25.7 Å². The van der Waals surface area contributed by atoms with Crippen molar-refractivity contribution in [3.8, 4) is 0 Å². The molecule has 28 heavy (non-hydrogen) atoms. The first-order valence-electron chi connectivity index (χ1n) is 10.8. The Morgan fingerprint density at radius 1 is 0.679 bits per heavy atom. The first-order valence-corrected chi connectivity index (χ1v) is 10.8. The molecule has 2 N–H and O–H groups in total. The third-order valence-electron chi connectivity index (χ3n) is 7.81. The van der Waals surface area contributed by atoms with Crippen molar-refractivity contribution in [2.75, 3.05) is 0 Å². The summed E-state index contributed by atoms with van der Waals surface area (Å²) in [4.78, 5) is 0. The van der Waals surface area contributed by atoms with E-state index < -0.39 is 11.4 Å². The highest BCUT2D eigenvalue weighted by molar-refractivity contribution is 5.40. The van der Waals surface area contributed by atoms with E-state index in [2.05, 4.69) is 59.2 Å². The van der Waals surface area contributed by atoms with Crippen molar-refractivity contribution in [2.45, 2.75) is 74.3 Å². The zero-order valence-corrected chi connectivity index (χ0v) is 16.0. The molecular weight excluding hydrogens is 348 g/mol. The van der Waals surface area contributed by atoms with E-state index in [1.54, 1.807) is 0 Å². The van der Waals surface area contributed by atoms with E-state index in [4.69, 9.17) is 9.47 Å². The molecule has 1 saturated carbocycles. The van der Waals surface area contributed by atoms with Crippen LogP contribution in [0, 0.1) is 0 Å². The van der Waals surface area contributed by atoms with Gasteiger partial charge in [-0.05, 0) is 47.9 Å². The van der Waals surface area contributed by atoms with E-state index in [0.29, 0.717) is 0 Å². The van der Waals surface area contributed by atoms with E-state index >= 15 is 0 Å². The Labute approximate surface area is 165 Å². The molecule has 2 spiro atoms. The zero-order valence-electron chi connectivity index (χ0n) is 16.0. The zero-order chi connectivity index (χ0) is 18.3. The van der Waals surface area contributed by atoms with Crippen LogP contribution in [0.5, 0.6) is 0 Å². The average Bonchev–Trinajstić information content (AvgIpc) is 3.41. The van der Waals surface area contributed by atoms with Gasteiger partial charge < -0.3 is 9.47 Å². The van der Waals surface area contributed by atoms with Crippen LogP contribution in [0.1, 0.15) is 60.0 Å². The largest absolute Gasteiger partial charge is 0.350 e. The Hall–Kier alpha value is -1.72. The molecule has 2 aliphatic heterocycles. The molecule has 3 fully saturated rings. The topological polar surface area (TPSA) is 42.5 Å². The van der Waals surface area contributed by atoms with Crippen LogP contribution in [-0.2, 0) is 22.3 Å². The normalized spacial score (nSPS) is 42.6. The first kappa shape index (κ1) is 16.1. The van der Waals surface area contributed by atoms with Crippen molar-refractivity contribution in [1.82, 2.24) is 10.6 Å². The molecule has 0 unspecified atom stereocenters. The Morgan fingerprint density at radius 2 is 1.14 bits per heavy atom. The predicted molar refractivity (Wildman–Crippen MR) is 106 cm³/mol. The number of benzene rings is 2. The molecule has 0 bridgehead atoms. The second-order valence-electron chi connectivity index (χ2n) is 9.22. The lowest BCUT2D eigenvalue weighted by Crippen LogP contribution is -2.68. The summed E-state index contributed by atoms with van der Waals surface area (Å²) >= 11 is 0. The number of rotatable bonds is 0. The molecule has 2 aromatic rings. The highest BCUT2D eigenvalue weighted by atomic mass is 16.6. The van der Waals surface area contributed by atoms with Crippen molar-refractivity contribution in [2.24, 2.45) is 0 Å². The Bertz CT molecular complexity index is 884. The quantitative estimate of drug-likeness (QED) is 0.740. The molecule has 2 saturated heterocycles. The SMILES string of the molecule is c1ccc2c(c1)C[C@H]1O[C@@]3(CCCC[C@]34N[C@H]3c5ccccc5C[C@H]3O4)N[C@@H]21. The van der Waals surface area contributed by atoms with Crippen molar-refractivity contribution in [1.29, 1.82) is 0 Å². The van der Waals surface area contributed by atoms with E-state index in [-0.39, 0.29) is 24.3 Å². The molecule has 0 aromatic heterocycles. The Kier molecular flexibility index (Phi) is 3.14. The monoisotopic (exact) mass is 374 g/mol. The van der Waals surface area contributed by atoms with Gasteiger partial charge in [0.1, 0.15) is 0 Å². The van der Waals surface area contributed by atoms with Crippen LogP contribution < -0.4 is 10.6 Å². The third kappa shape index (κ3) is 1.94. The number of ether oxygens (including phenoxy) is 2. The van der Waals surface area contributed by atoms with E-state index in [1.165, 1.54) is 35.1 Å². The Morgan fingerprint density at radius 3 is 1.64 bits per heavy atom. The van der Waals surface area contributed by atoms with Crippen molar-refractivity contribution >= 4 is 0 Å². The number of hydrogen-bond donors (Lipinski definition) is 2. The molecule has 6 atom stereocenters. The van der Waals surface area contributed by atoms with Crippen molar-refractivity contribution < 1.29 is 9.47 Å². The molecule has 4 heteroatoms. The molecular formula is C24H26N2O2. The first-order chi connectivity index (χ1) is 13.8. The van der Waals surface area contributed by atoms with Crippen LogP contribution >= 0.6 is 0 Å². The predicted octanol–water partition coefficient (Wildman–Crippen LogP) is 3.52. The lowest BCUT2D eigenvalue weighted by molar-refractivity contribution is -0.230. The summed E-state index contributed by atoms with van der Waals surface area (Å²) < 4.78 is 13.8. The summed E-state index contributed by atoms with van der Waals surface area (Å²) in [6, 6.07) is 18.1. The average molecular weight is 374 g/mol. The third-order valence-corrected chi connectivity index (χ3v) is 7.81. The van der Waals surface area contributed by atoms with Crippen LogP contribution in [0.25, 0.3) is 0 Å². The van der Waals surface area contributed by atoms with Gasteiger partial charge >= 0.3 is 0 Å². The minimum Gasteiger partial charge on any atom is -0.350 e. The van der Waals surface area contributed by atoms with Crippen LogP contribution in [0.4, 0.5) is 0 Å². The van der Waals surface area contributed by atoms with Gasteiger partial charge in [0.25, 0.3) is 0 Å². The maximum atomic E-state index is 6.89. The van der Waals surface area contributed by atoms with Crippen LogP contribution in [0.2, 0.25) is 0 Å². The van der Waals surface area contributed by atoms with Gasteiger partial charge in [-0.2, -0.15) is 0 Å². The summed E-state index contributed by atoms with van der Waals surface area (Å²) in [5, 5.41) is 7.92. The van der Waals surface area contributed by atoms with Gasteiger partial charge in [-0.3, -0.25) is 10.6 Å². The molecule has 5 aliphatic rings. The fraction of sp³-hybridized carbons (Fsp3) is 0.500. The molecule has 7 rings (SSSR count). The van der Waals surface area contributed by atoms with Gasteiger partial charge in [0.2, 0.25) is 0 Å². The van der Waals surface area contributed by atoms with Gasteiger partial charge in [0, 0.05) is 12.8 Å². The van der Waals surface area contributed by atoms with Crippen LogP contribution in [-0.4, -0.2) is 23.7 Å². The van der Waals surface area contributed by atoms with Gasteiger partial charge in [-0.15, -0.1) is 0 Å². The molecule has 0 radical (unpaired) electrons. The van der Waals surface area contributed by atoms with Gasteiger partial charge in [-0.1, -0.05) is 48.5 Å². The number of fused-ring (bicyclic) bond motifs is 7. The minimum atomic E-state index is -0.423. The molecule has 2 aromatic carbocycles. The second-order valence-corrected chi connectivity index (χ2v) is 9.22. The van der Waals surface area contributed by atoms with Gasteiger partial charge in [-0.25, -0.2) is 0 Å². The molecule has 3 aliphatic carbocycles. The van der Waals surface area contributed by atoms with E-state index in [1.807, 2.05) is 0 Å². The standard InChI is InChI=1S/C24H26N2O2/c1-3-9-17-15(7-1)13-19-21(17)25-23(27-19)11-5-6-12-24(23)26-22-18-10-4-2-8-16(18)14-20(22)28-24/h1-4,7-10,19-22,25-26H,5-6,11-14H2/t19-,20-,21+,22+,23-,24-/m1/s1. The summed E-state index contributed by atoms with van der Waals surface area (Å²) in [6.45, 7) is 0. The highest BCUT2D eigenvalue weighted by Crippen LogP contribution is 2.55. The summed E-state index contributed by atoms with van der Waals surface area (Å²) in [5.41, 5.74) is 4.83. The summed E-state index contributed by atoms with van der Waals surface area (Å²) in [7, 11) is 0. The fourth-order valence-corrected chi connectivity index (χ4v) is 6.60. The molecule has 2 heterocycles. The van der Waals surface area contributed by atoms with Crippen LogP contribution in [0.3, 0.4) is 0 Å². The summed E-state index contributed by atoms with van der Waals surface area (Å²) in [5.74, 6) is 0. The maximum Gasteiger partial charge on any atom is 0.163 e. The summed E-state index contributed by atoms with van der Waals surface area (Å²) in [6.07, 6.45) is 6.82. The molecule has 4 nitrogen and oxygen atoms in total. The number of nitrogens with one attached hydrogen (secondary N) is 2. The Balaban J connectivity index is 1.26. The maximum absolute atomic E-state index is 6.89. The number of hydrogen-bond acceptors (Lipinski definition) is 4. The molecule has 0 amide bonds. The smallest absolute Gasteiger partial charge is 0.163 e.